The van der Waals surface area contributed by atoms with Crippen molar-refractivity contribution in [2.75, 3.05) is 20.1 Å². The summed E-state index contributed by atoms with van der Waals surface area (Å²) < 4.78 is 6.74. The number of aryl methyl sites for hydroxylation is 2. The molecule has 2 heterocycles. The van der Waals surface area contributed by atoms with Gasteiger partial charge in [-0.25, -0.2) is 4.98 Å². The number of piperidine rings is 1. The molecule has 1 aromatic heterocycles. The van der Waals surface area contributed by atoms with Crippen molar-refractivity contribution in [3.63, 3.8) is 0 Å². The number of oxazole rings is 1. The molecule has 1 fully saturated rings. The highest BCUT2D eigenvalue weighted by molar-refractivity contribution is 9.10. The second kappa shape index (κ2) is 9.37. The van der Waals surface area contributed by atoms with Gasteiger partial charge in [0, 0.05) is 37.2 Å². The van der Waals surface area contributed by atoms with Crippen molar-refractivity contribution in [2.24, 2.45) is 4.99 Å². The molecule has 1 aliphatic heterocycles. The van der Waals surface area contributed by atoms with E-state index in [-0.39, 0.29) is 0 Å². The molecule has 0 atom stereocenters. The number of aliphatic imine (C=N–C) groups is 1. The van der Waals surface area contributed by atoms with E-state index in [1.165, 1.54) is 5.56 Å². The number of hydrogen-bond acceptors (Lipinski definition) is 4. The van der Waals surface area contributed by atoms with Crippen LogP contribution in [0.3, 0.4) is 0 Å². The highest BCUT2D eigenvalue weighted by Crippen LogP contribution is 2.16. The molecule has 1 aromatic carbocycles. The van der Waals surface area contributed by atoms with Gasteiger partial charge in [-0.1, -0.05) is 28.1 Å². The Morgan fingerprint density at radius 3 is 2.56 bits per heavy atom. The highest BCUT2D eigenvalue weighted by atomic mass is 79.9. The van der Waals surface area contributed by atoms with Crippen LogP contribution < -0.4 is 10.6 Å². The summed E-state index contributed by atoms with van der Waals surface area (Å²) in [4.78, 5) is 11.2. The van der Waals surface area contributed by atoms with Gasteiger partial charge >= 0.3 is 0 Å². The van der Waals surface area contributed by atoms with E-state index in [1.807, 2.05) is 13.8 Å². The van der Waals surface area contributed by atoms with Crippen molar-refractivity contribution in [1.29, 1.82) is 0 Å². The number of hydrogen-bond donors (Lipinski definition) is 2. The minimum absolute atomic E-state index is 0.436. The van der Waals surface area contributed by atoms with E-state index in [0.717, 1.165) is 54.4 Å². The number of nitrogens with zero attached hydrogens (tertiary/aromatic N) is 3. The zero-order valence-electron chi connectivity index (χ0n) is 16.3. The topological polar surface area (TPSA) is 65.7 Å². The van der Waals surface area contributed by atoms with Gasteiger partial charge in [0.2, 0.25) is 5.89 Å². The second-order valence-corrected chi connectivity index (χ2v) is 7.91. The summed E-state index contributed by atoms with van der Waals surface area (Å²) in [5, 5.41) is 6.82. The summed E-state index contributed by atoms with van der Waals surface area (Å²) in [6.07, 6.45) is 2.21. The van der Waals surface area contributed by atoms with Crippen molar-refractivity contribution in [2.45, 2.75) is 45.8 Å². The minimum atomic E-state index is 0.436. The van der Waals surface area contributed by atoms with Gasteiger partial charge < -0.3 is 15.1 Å². The molecule has 7 heteroatoms. The summed E-state index contributed by atoms with van der Waals surface area (Å²) in [7, 11) is 1.80. The molecule has 0 radical (unpaired) electrons. The highest BCUT2D eigenvalue weighted by Gasteiger charge is 2.20. The van der Waals surface area contributed by atoms with Crippen LogP contribution >= 0.6 is 15.9 Å². The van der Waals surface area contributed by atoms with Crippen LogP contribution in [0, 0.1) is 13.8 Å². The molecule has 146 valence electrons. The lowest BCUT2D eigenvalue weighted by Crippen LogP contribution is -2.48. The van der Waals surface area contributed by atoms with Crippen molar-refractivity contribution < 1.29 is 4.42 Å². The normalized spacial score (nSPS) is 16.5. The van der Waals surface area contributed by atoms with Gasteiger partial charge in [0.15, 0.2) is 5.96 Å². The van der Waals surface area contributed by atoms with Gasteiger partial charge in [-0.2, -0.15) is 0 Å². The fourth-order valence-corrected chi connectivity index (χ4v) is 3.51. The summed E-state index contributed by atoms with van der Waals surface area (Å²) in [5.41, 5.74) is 2.30. The van der Waals surface area contributed by atoms with Gasteiger partial charge in [-0.05, 0) is 44.4 Å². The number of likely N-dealkylation sites (tertiary alicyclic amines) is 1. The summed E-state index contributed by atoms with van der Waals surface area (Å²) >= 11 is 3.49. The Bertz CT molecular complexity index is 744. The van der Waals surface area contributed by atoms with E-state index >= 15 is 0 Å². The first-order valence-electron chi connectivity index (χ1n) is 9.40. The molecule has 2 N–H and O–H groups in total. The lowest BCUT2D eigenvalue weighted by atomic mass is 10.0. The van der Waals surface area contributed by atoms with Crippen molar-refractivity contribution >= 4 is 21.9 Å². The van der Waals surface area contributed by atoms with Crippen LogP contribution in [-0.4, -0.2) is 42.0 Å². The Hall–Kier alpha value is -1.86. The molecular formula is C20H28BrN5O. The van der Waals surface area contributed by atoms with Crippen LogP contribution in [-0.2, 0) is 13.1 Å². The minimum Gasteiger partial charge on any atom is -0.444 e. The van der Waals surface area contributed by atoms with Gasteiger partial charge in [0.1, 0.15) is 5.76 Å². The molecule has 3 rings (SSSR count). The zero-order valence-corrected chi connectivity index (χ0v) is 17.8. The number of guanidine groups is 1. The molecule has 0 unspecified atom stereocenters. The maximum Gasteiger partial charge on any atom is 0.214 e. The molecule has 0 bridgehead atoms. The quantitative estimate of drug-likeness (QED) is 0.558. The monoisotopic (exact) mass is 433 g/mol. The smallest absolute Gasteiger partial charge is 0.214 e. The number of halogens is 1. The van der Waals surface area contributed by atoms with Crippen LogP contribution in [0.4, 0.5) is 0 Å². The molecule has 6 nitrogen and oxygen atoms in total. The van der Waals surface area contributed by atoms with Crippen molar-refractivity contribution in [3.05, 3.63) is 51.6 Å². The average molecular weight is 434 g/mol. The molecular weight excluding hydrogens is 406 g/mol. The fraction of sp³-hybridized carbons (Fsp3) is 0.500. The summed E-state index contributed by atoms with van der Waals surface area (Å²) in [6.45, 7) is 7.61. The number of nitrogens with one attached hydrogen (secondary N) is 2. The van der Waals surface area contributed by atoms with Crippen LogP contribution in [0.15, 0.2) is 38.1 Å². The number of aromatic nitrogens is 1. The van der Waals surface area contributed by atoms with Gasteiger partial charge in [-0.3, -0.25) is 9.89 Å². The van der Waals surface area contributed by atoms with E-state index in [2.05, 4.69) is 65.7 Å². The summed E-state index contributed by atoms with van der Waals surface area (Å²) in [6, 6.07) is 9.02. The lowest BCUT2D eigenvalue weighted by Gasteiger charge is -2.33. The fourth-order valence-electron chi connectivity index (χ4n) is 3.25. The van der Waals surface area contributed by atoms with E-state index in [4.69, 9.17) is 4.42 Å². The maximum atomic E-state index is 5.61. The van der Waals surface area contributed by atoms with Crippen LogP contribution in [0.25, 0.3) is 0 Å². The lowest BCUT2D eigenvalue weighted by molar-refractivity contribution is 0.198. The van der Waals surface area contributed by atoms with Gasteiger partial charge in [0.25, 0.3) is 0 Å². The Kier molecular flexibility index (Phi) is 6.90. The molecule has 2 aromatic rings. The van der Waals surface area contributed by atoms with Crippen molar-refractivity contribution in [3.8, 4) is 0 Å². The van der Waals surface area contributed by atoms with E-state index < -0.39 is 0 Å². The average Bonchev–Trinajstić information content (AvgIpc) is 2.99. The van der Waals surface area contributed by atoms with E-state index in [9.17, 15) is 0 Å². The third-order valence-corrected chi connectivity index (χ3v) is 5.48. The third kappa shape index (κ3) is 5.81. The molecule has 0 spiro atoms. The second-order valence-electron chi connectivity index (χ2n) is 7.00. The molecule has 0 aliphatic carbocycles. The standard InChI is InChI=1S/C20H28BrN5O/c1-14-15(2)27-19(24-14)12-23-20(22-3)25-18-8-10-26(11-9-18)13-16-4-6-17(21)7-5-16/h4-7,18H,8-13H2,1-3H3,(H2,22,23,25). The maximum absolute atomic E-state index is 5.61. The number of benzene rings is 1. The van der Waals surface area contributed by atoms with E-state index in [1.54, 1.807) is 7.05 Å². The predicted molar refractivity (Wildman–Crippen MR) is 112 cm³/mol. The molecule has 1 saturated heterocycles. The van der Waals surface area contributed by atoms with Crippen LogP contribution in [0.2, 0.25) is 0 Å². The largest absolute Gasteiger partial charge is 0.444 e. The molecule has 0 amide bonds. The van der Waals surface area contributed by atoms with Crippen LogP contribution in [0.1, 0.15) is 35.7 Å². The SMILES string of the molecule is CN=C(NCc1nc(C)c(C)o1)NC1CCN(Cc2ccc(Br)cc2)CC1. The zero-order chi connectivity index (χ0) is 19.2. The predicted octanol–water partition coefficient (Wildman–Crippen LogP) is 3.38. The summed E-state index contributed by atoms with van der Waals surface area (Å²) in [5.74, 6) is 2.36. The van der Waals surface area contributed by atoms with Crippen molar-refractivity contribution in [1.82, 2.24) is 20.5 Å². The number of rotatable bonds is 5. The molecule has 1 aliphatic rings. The first kappa shape index (κ1) is 19.9. The van der Waals surface area contributed by atoms with Gasteiger partial charge in [-0.15, -0.1) is 0 Å². The Labute approximate surface area is 169 Å². The first-order valence-corrected chi connectivity index (χ1v) is 10.2. The molecule has 27 heavy (non-hydrogen) atoms. The van der Waals surface area contributed by atoms with E-state index in [0.29, 0.717) is 18.5 Å². The van der Waals surface area contributed by atoms with Gasteiger partial charge in [0.05, 0.1) is 12.2 Å². The van der Waals surface area contributed by atoms with Crippen LogP contribution in [0.5, 0.6) is 0 Å². The third-order valence-electron chi connectivity index (χ3n) is 4.95. The molecule has 0 saturated carbocycles. The Balaban J connectivity index is 1.42. The Morgan fingerprint density at radius 2 is 1.96 bits per heavy atom. The first-order chi connectivity index (χ1) is 13.0. The Morgan fingerprint density at radius 1 is 1.26 bits per heavy atom.